The second kappa shape index (κ2) is 6.53. The van der Waals surface area contributed by atoms with E-state index in [1.165, 1.54) is 24.0 Å². The minimum atomic E-state index is 0.344. The number of unbranched alkanes of at least 4 members (excludes halogenated alkanes) is 1. The molecule has 0 radical (unpaired) electrons. The molecule has 2 rings (SSSR count). The fourth-order valence-corrected chi connectivity index (χ4v) is 2.42. The van der Waals surface area contributed by atoms with Gasteiger partial charge in [-0.25, -0.2) is 0 Å². The molecule has 0 spiro atoms. The summed E-state index contributed by atoms with van der Waals surface area (Å²) < 4.78 is 0. The van der Waals surface area contributed by atoms with Crippen LogP contribution in [0.5, 0.6) is 0 Å². The predicted molar refractivity (Wildman–Crippen MR) is 76.5 cm³/mol. The average molecular weight is 242 g/mol. The molecular formula is C17H22O. The van der Waals surface area contributed by atoms with Crippen molar-refractivity contribution in [1.82, 2.24) is 0 Å². The summed E-state index contributed by atoms with van der Waals surface area (Å²) in [6.07, 6.45) is 9.63. The summed E-state index contributed by atoms with van der Waals surface area (Å²) in [5, 5.41) is 0. The van der Waals surface area contributed by atoms with E-state index in [0.717, 1.165) is 37.7 Å². The van der Waals surface area contributed by atoms with Crippen LogP contribution in [-0.4, -0.2) is 5.78 Å². The fraction of sp³-hybridized carbons (Fsp3) is 0.471. The lowest BCUT2D eigenvalue weighted by atomic mass is 9.92. The molecule has 0 heterocycles. The fourth-order valence-electron chi connectivity index (χ4n) is 2.42. The molecule has 1 aliphatic rings. The molecule has 1 aliphatic carbocycles. The number of hydrogen-bond acceptors (Lipinski definition) is 1. The van der Waals surface area contributed by atoms with Gasteiger partial charge in [0.25, 0.3) is 0 Å². The molecule has 1 aromatic carbocycles. The summed E-state index contributed by atoms with van der Waals surface area (Å²) in [5.41, 5.74) is 3.58. The second-order valence-electron chi connectivity index (χ2n) is 5.14. The van der Waals surface area contributed by atoms with Crippen LogP contribution in [0.2, 0.25) is 0 Å². The number of ketones is 1. The van der Waals surface area contributed by atoms with Crippen LogP contribution >= 0.6 is 0 Å². The van der Waals surface area contributed by atoms with Crippen LogP contribution in [-0.2, 0) is 11.2 Å². The molecule has 1 saturated carbocycles. The minimum Gasteiger partial charge on any atom is -0.295 e. The number of carbonyl (C=O) groups is 1. The number of hydrogen-bond donors (Lipinski definition) is 0. The van der Waals surface area contributed by atoms with E-state index >= 15 is 0 Å². The zero-order valence-electron chi connectivity index (χ0n) is 11.2. The summed E-state index contributed by atoms with van der Waals surface area (Å²) in [5.74, 6) is 0.344. The molecule has 18 heavy (non-hydrogen) atoms. The van der Waals surface area contributed by atoms with Crippen LogP contribution in [0.4, 0.5) is 0 Å². The summed E-state index contributed by atoms with van der Waals surface area (Å²) >= 11 is 0. The van der Waals surface area contributed by atoms with E-state index in [1.807, 2.05) is 0 Å². The van der Waals surface area contributed by atoms with E-state index < -0.39 is 0 Å². The first kappa shape index (κ1) is 13.1. The van der Waals surface area contributed by atoms with Crippen molar-refractivity contribution in [3.05, 3.63) is 41.0 Å². The average Bonchev–Trinajstić information content (AvgIpc) is 2.41. The van der Waals surface area contributed by atoms with E-state index in [1.54, 1.807) is 0 Å². The molecule has 0 atom stereocenters. The van der Waals surface area contributed by atoms with Gasteiger partial charge in [0.2, 0.25) is 0 Å². The summed E-state index contributed by atoms with van der Waals surface area (Å²) in [6, 6.07) is 8.66. The predicted octanol–water partition coefficient (Wildman–Crippen LogP) is 4.56. The highest BCUT2D eigenvalue weighted by Crippen LogP contribution is 2.22. The van der Waals surface area contributed by atoms with Gasteiger partial charge >= 0.3 is 0 Å². The third-order valence-electron chi connectivity index (χ3n) is 3.60. The van der Waals surface area contributed by atoms with Crippen molar-refractivity contribution in [3.8, 4) is 0 Å². The van der Waals surface area contributed by atoms with Crippen molar-refractivity contribution in [2.24, 2.45) is 0 Å². The molecule has 0 saturated heterocycles. The number of carbonyl (C=O) groups excluding carboxylic acids is 1. The Balaban J connectivity index is 2.05. The molecule has 1 nitrogen and oxygen atoms in total. The van der Waals surface area contributed by atoms with Crippen LogP contribution in [0.1, 0.15) is 56.6 Å². The van der Waals surface area contributed by atoms with Gasteiger partial charge in [-0.3, -0.25) is 4.79 Å². The second-order valence-corrected chi connectivity index (χ2v) is 5.14. The SMILES string of the molecule is CCCCc1ccc(C=C2CCCCC2=O)cc1. The number of rotatable bonds is 4. The number of benzene rings is 1. The lowest BCUT2D eigenvalue weighted by Gasteiger charge is -2.12. The van der Waals surface area contributed by atoms with E-state index in [0.29, 0.717) is 5.78 Å². The highest BCUT2D eigenvalue weighted by Gasteiger charge is 2.14. The Morgan fingerprint density at radius 2 is 1.83 bits per heavy atom. The maximum absolute atomic E-state index is 11.7. The Bertz CT molecular complexity index is 425. The molecule has 0 aliphatic heterocycles. The maximum atomic E-state index is 11.7. The Morgan fingerprint density at radius 3 is 2.50 bits per heavy atom. The smallest absolute Gasteiger partial charge is 0.158 e. The molecular weight excluding hydrogens is 220 g/mol. The first-order valence-corrected chi connectivity index (χ1v) is 7.12. The molecule has 0 unspecified atom stereocenters. The van der Waals surface area contributed by atoms with Gasteiger partial charge in [0.1, 0.15) is 0 Å². The van der Waals surface area contributed by atoms with Gasteiger partial charge in [0.15, 0.2) is 5.78 Å². The van der Waals surface area contributed by atoms with Gasteiger partial charge in [0.05, 0.1) is 0 Å². The topological polar surface area (TPSA) is 17.1 Å². The summed E-state index contributed by atoms with van der Waals surface area (Å²) in [7, 11) is 0. The Hall–Kier alpha value is -1.37. The molecule has 1 fully saturated rings. The van der Waals surface area contributed by atoms with Crippen molar-refractivity contribution in [2.45, 2.75) is 51.9 Å². The Morgan fingerprint density at radius 1 is 1.11 bits per heavy atom. The van der Waals surface area contributed by atoms with Gasteiger partial charge in [-0.1, -0.05) is 37.6 Å². The monoisotopic (exact) mass is 242 g/mol. The van der Waals surface area contributed by atoms with Crippen LogP contribution in [0, 0.1) is 0 Å². The Kier molecular flexibility index (Phi) is 4.74. The van der Waals surface area contributed by atoms with Crippen LogP contribution in [0.25, 0.3) is 6.08 Å². The third-order valence-corrected chi connectivity index (χ3v) is 3.60. The lowest BCUT2D eigenvalue weighted by Crippen LogP contribution is -2.07. The van der Waals surface area contributed by atoms with Crippen LogP contribution < -0.4 is 0 Å². The van der Waals surface area contributed by atoms with Crippen LogP contribution in [0.3, 0.4) is 0 Å². The zero-order chi connectivity index (χ0) is 12.8. The largest absolute Gasteiger partial charge is 0.295 e. The van der Waals surface area contributed by atoms with Crippen molar-refractivity contribution in [1.29, 1.82) is 0 Å². The van der Waals surface area contributed by atoms with E-state index in [9.17, 15) is 4.79 Å². The van der Waals surface area contributed by atoms with E-state index in [-0.39, 0.29) is 0 Å². The van der Waals surface area contributed by atoms with Gasteiger partial charge in [-0.15, -0.1) is 0 Å². The van der Waals surface area contributed by atoms with Gasteiger partial charge in [-0.05, 0) is 54.9 Å². The molecule has 0 bridgehead atoms. The molecule has 1 heteroatoms. The Labute approximate surface area is 110 Å². The first-order valence-electron chi connectivity index (χ1n) is 7.12. The maximum Gasteiger partial charge on any atom is 0.158 e. The van der Waals surface area contributed by atoms with E-state index in [4.69, 9.17) is 0 Å². The highest BCUT2D eigenvalue weighted by atomic mass is 16.1. The van der Waals surface area contributed by atoms with Gasteiger partial charge < -0.3 is 0 Å². The number of Topliss-reactive ketones (excluding diaryl/α,β-unsaturated/α-hetero) is 1. The first-order chi connectivity index (χ1) is 8.79. The summed E-state index contributed by atoms with van der Waals surface area (Å²) in [4.78, 5) is 11.7. The van der Waals surface area contributed by atoms with E-state index in [2.05, 4.69) is 37.3 Å². The van der Waals surface area contributed by atoms with Crippen molar-refractivity contribution < 1.29 is 4.79 Å². The molecule has 0 aromatic heterocycles. The quantitative estimate of drug-likeness (QED) is 0.708. The normalized spacial score (nSPS) is 18.3. The number of allylic oxidation sites excluding steroid dienone is 1. The van der Waals surface area contributed by atoms with Crippen molar-refractivity contribution >= 4 is 11.9 Å². The highest BCUT2D eigenvalue weighted by molar-refractivity contribution is 6.00. The third kappa shape index (κ3) is 3.56. The lowest BCUT2D eigenvalue weighted by molar-refractivity contribution is -0.116. The summed E-state index contributed by atoms with van der Waals surface area (Å²) in [6.45, 7) is 2.22. The molecule has 0 N–H and O–H groups in total. The zero-order valence-corrected chi connectivity index (χ0v) is 11.2. The standard InChI is InChI=1S/C17H22O/c1-2-3-6-14-9-11-15(12-10-14)13-16-7-4-5-8-17(16)18/h9-13H,2-8H2,1H3. The molecule has 1 aromatic rings. The number of aryl methyl sites for hydroxylation is 1. The van der Waals surface area contributed by atoms with Crippen molar-refractivity contribution in [2.75, 3.05) is 0 Å². The van der Waals surface area contributed by atoms with Gasteiger partial charge in [0, 0.05) is 6.42 Å². The molecule has 0 amide bonds. The van der Waals surface area contributed by atoms with Gasteiger partial charge in [-0.2, -0.15) is 0 Å². The minimum absolute atomic E-state index is 0.344. The van der Waals surface area contributed by atoms with Crippen molar-refractivity contribution in [3.63, 3.8) is 0 Å². The van der Waals surface area contributed by atoms with Crippen LogP contribution in [0.15, 0.2) is 29.8 Å². The molecule has 96 valence electrons.